The molecular weight excluding hydrogens is 358 g/mol. The van der Waals surface area contributed by atoms with E-state index in [0.29, 0.717) is 17.1 Å². The number of hydrogen-bond donors (Lipinski definition) is 3. The third kappa shape index (κ3) is 5.20. The number of hydrogen-bond acceptors (Lipinski definition) is 4. The SMILES string of the molecule is C[C@H]1Oc2ccc(NC(=O)CCNC(=O)/C=C/c3ccccc3)cc2NC1=O. The van der Waals surface area contributed by atoms with Crippen LogP contribution in [-0.2, 0) is 14.4 Å². The Labute approximate surface area is 162 Å². The van der Waals surface area contributed by atoms with Gasteiger partial charge in [-0.05, 0) is 36.8 Å². The lowest BCUT2D eigenvalue weighted by molar-refractivity contribution is -0.122. The van der Waals surface area contributed by atoms with Crippen LogP contribution in [0.1, 0.15) is 18.9 Å². The third-order valence-electron chi connectivity index (χ3n) is 4.07. The Hall–Kier alpha value is -3.61. The van der Waals surface area contributed by atoms with Gasteiger partial charge in [-0.15, -0.1) is 0 Å². The summed E-state index contributed by atoms with van der Waals surface area (Å²) in [6.45, 7) is 1.88. The Balaban J connectivity index is 1.45. The van der Waals surface area contributed by atoms with Crippen LogP contribution in [0.5, 0.6) is 5.75 Å². The number of carbonyl (C=O) groups excluding carboxylic acids is 3. The summed E-state index contributed by atoms with van der Waals surface area (Å²) < 4.78 is 5.47. The lowest BCUT2D eigenvalue weighted by Crippen LogP contribution is -2.34. The maximum absolute atomic E-state index is 12.1. The Kier molecular flexibility index (Phi) is 6.06. The van der Waals surface area contributed by atoms with Gasteiger partial charge in [0, 0.05) is 24.7 Å². The zero-order valence-electron chi connectivity index (χ0n) is 15.4. The van der Waals surface area contributed by atoms with Gasteiger partial charge in [0.15, 0.2) is 6.10 Å². The molecule has 0 radical (unpaired) electrons. The van der Waals surface area contributed by atoms with E-state index in [1.165, 1.54) is 6.08 Å². The van der Waals surface area contributed by atoms with Crippen LogP contribution in [0.25, 0.3) is 6.08 Å². The molecule has 3 amide bonds. The van der Waals surface area contributed by atoms with Crippen molar-refractivity contribution in [3.63, 3.8) is 0 Å². The third-order valence-corrected chi connectivity index (χ3v) is 4.07. The van der Waals surface area contributed by atoms with E-state index >= 15 is 0 Å². The van der Waals surface area contributed by atoms with Gasteiger partial charge >= 0.3 is 0 Å². The van der Waals surface area contributed by atoms with E-state index in [2.05, 4.69) is 16.0 Å². The normalized spacial score (nSPS) is 15.3. The highest BCUT2D eigenvalue weighted by atomic mass is 16.5. The largest absolute Gasteiger partial charge is 0.479 e. The molecule has 0 aliphatic carbocycles. The summed E-state index contributed by atoms with van der Waals surface area (Å²) in [5.74, 6) is -0.187. The fourth-order valence-corrected chi connectivity index (χ4v) is 2.60. The first kappa shape index (κ1) is 19.2. The highest BCUT2D eigenvalue weighted by Gasteiger charge is 2.23. The van der Waals surface area contributed by atoms with E-state index in [0.717, 1.165) is 5.56 Å². The number of carbonyl (C=O) groups is 3. The van der Waals surface area contributed by atoms with Crippen molar-refractivity contribution in [2.75, 3.05) is 17.2 Å². The first-order chi connectivity index (χ1) is 13.5. The van der Waals surface area contributed by atoms with Crippen molar-refractivity contribution in [2.45, 2.75) is 19.4 Å². The molecule has 1 heterocycles. The number of anilines is 2. The van der Waals surface area contributed by atoms with Crippen molar-refractivity contribution >= 4 is 35.2 Å². The minimum atomic E-state index is -0.549. The van der Waals surface area contributed by atoms with Crippen molar-refractivity contribution < 1.29 is 19.1 Å². The van der Waals surface area contributed by atoms with E-state index in [9.17, 15) is 14.4 Å². The molecule has 0 fully saturated rings. The molecule has 0 aromatic heterocycles. The molecule has 7 nitrogen and oxygen atoms in total. The second kappa shape index (κ2) is 8.85. The van der Waals surface area contributed by atoms with Crippen molar-refractivity contribution in [3.05, 3.63) is 60.2 Å². The maximum Gasteiger partial charge on any atom is 0.265 e. The number of nitrogens with one attached hydrogen (secondary N) is 3. The molecule has 144 valence electrons. The quantitative estimate of drug-likeness (QED) is 0.672. The summed E-state index contributed by atoms with van der Waals surface area (Å²) in [5.41, 5.74) is 1.98. The van der Waals surface area contributed by atoms with Gasteiger partial charge in [-0.1, -0.05) is 30.3 Å². The fourth-order valence-electron chi connectivity index (χ4n) is 2.60. The zero-order valence-corrected chi connectivity index (χ0v) is 15.4. The van der Waals surface area contributed by atoms with E-state index in [1.807, 2.05) is 30.3 Å². The van der Waals surface area contributed by atoms with E-state index in [-0.39, 0.29) is 30.7 Å². The predicted octanol–water partition coefficient (Wildman–Crippen LogP) is 2.56. The highest BCUT2D eigenvalue weighted by Crippen LogP contribution is 2.32. The highest BCUT2D eigenvalue weighted by molar-refractivity contribution is 5.99. The minimum Gasteiger partial charge on any atom is -0.479 e. The molecule has 1 aliphatic rings. The lowest BCUT2D eigenvalue weighted by atomic mass is 10.2. The van der Waals surface area contributed by atoms with Crippen LogP contribution in [0.3, 0.4) is 0 Å². The topological polar surface area (TPSA) is 96.5 Å². The van der Waals surface area contributed by atoms with Crippen LogP contribution < -0.4 is 20.7 Å². The molecule has 0 bridgehead atoms. The van der Waals surface area contributed by atoms with Crippen molar-refractivity contribution in [3.8, 4) is 5.75 Å². The smallest absolute Gasteiger partial charge is 0.265 e. The lowest BCUT2D eigenvalue weighted by Gasteiger charge is -2.23. The van der Waals surface area contributed by atoms with E-state index in [1.54, 1.807) is 31.2 Å². The number of fused-ring (bicyclic) bond motifs is 1. The van der Waals surface area contributed by atoms with Gasteiger partial charge in [0.2, 0.25) is 11.8 Å². The molecule has 28 heavy (non-hydrogen) atoms. The Bertz CT molecular complexity index is 909. The molecular formula is C21H21N3O4. The zero-order chi connectivity index (χ0) is 19.9. The molecule has 3 N–H and O–H groups in total. The van der Waals surface area contributed by atoms with Gasteiger partial charge in [-0.25, -0.2) is 0 Å². The molecule has 0 spiro atoms. The van der Waals surface area contributed by atoms with Crippen LogP contribution in [0.15, 0.2) is 54.6 Å². The Morgan fingerprint density at radius 1 is 1.18 bits per heavy atom. The summed E-state index contributed by atoms with van der Waals surface area (Å²) in [6, 6.07) is 14.5. The molecule has 1 aliphatic heterocycles. The molecule has 0 saturated heterocycles. The van der Waals surface area contributed by atoms with E-state index < -0.39 is 6.10 Å². The van der Waals surface area contributed by atoms with Crippen LogP contribution in [-0.4, -0.2) is 30.4 Å². The average Bonchev–Trinajstić information content (AvgIpc) is 2.68. The number of rotatable bonds is 6. The van der Waals surface area contributed by atoms with Gasteiger partial charge in [-0.3, -0.25) is 14.4 Å². The second-order valence-electron chi connectivity index (χ2n) is 6.29. The number of ether oxygens (including phenoxy) is 1. The van der Waals surface area contributed by atoms with Crippen molar-refractivity contribution in [2.24, 2.45) is 0 Å². The summed E-state index contributed by atoms with van der Waals surface area (Å²) in [7, 11) is 0. The minimum absolute atomic E-state index is 0.127. The molecule has 1 atom stereocenters. The van der Waals surface area contributed by atoms with Crippen molar-refractivity contribution in [1.82, 2.24) is 5.32 Å². The first-order valence-corrected chi connectivity index (χ1v) is 8.93. The van der Waals surface area contributed by atoms with E-state index in [4.69, 9.17) is 4.74 Å². The summed E-state index contributed by atoms with van der Waals surface area (Å²) in [4.78, 5) is 35.5. The van der Waals surface area contributed by atoms with Crippen LogP contribution in [0, 0.1) is 0 Å². The predicted molar refractivity (Wildman–Crippen MR) is 107 cm³/mol. The standard InChI is InChI=1S/C21H21N3O4/c1-14-21(27)24-17-13-16(8-9-18(17)28-14)23-20(26)11-12-22-19(25)10-7-15-5-3-2-4-6-15/h2-10,13-14H,11-12H2,1H3,(H,22,25)(H,23,26)(H,24,27)/b10-7+/t14-/m1/s1. The first-order valence-electron chi connectivity index (χ1n) is 8.93. The summed E-state index contributed by atoms with van der Waals surface area (Å²) >= 11 is 0. The summed E-state index contributed by atoms with van der Waals surface area (Å²) in [5, 5.41) is 8.13. The Morgan fingerprint density at radius 2 is 1.96 bits per heavy atom. The molecule has 2 aromatic rings. The number of amides is 3. The molecule has 0 unspecified atom stereocenters. The molecule has 3 rings (SSSR count). The summed E-state index contributed by atoms with van der Waals surface area (Å²) in [6.07, 6.45) is 2.72. The van der Waals surface area contributed by atoms with Crippen molar-refractivity contribution in [1.29, 1.82) is 0 Å². The maximum atomic E-state index is 12.1. The van der Waals surface area contributed by atoms with Crippen LogP contribution in [0.2, 0.25) is 0 Å². The number of benzene rings is 2. The molecule has 7 heteroatoms. The average molecular weight is 379 g/mol. The van der Waals surface area contributed by atoms with Crippen LogP contribution >= 0.6 is 0 Å². The second-order valence-corrected chi connectivity index (χ2v) is 6.29. The van der Waals surface area contributed by atoms with Gasteiger partial charge in [0.05, 0.1) is 5.69 Å². The monoisotopic (exact) mass is 379 g/mol. The molecule has 2 aromatic carbocycles. The van der Waals surface area contributed by atoms with Gasteiger partial charge in [-0.2, -0.15) is 0 Å². The Morgan fingerprint density at radius 3 is 2.75 bits per heavy atom. The van der Waals surface area contributed by atoms with Gasteiger partial charge < -0.3 is 20.7 Å². The van der Waals surface area contributed by atoms with Gasteiger partial charge in [0.25, 0.3) is 5.91 Å². The van der Waals surface area contributed by atoms with Gasteiger partial charge in [0.1, 0.15) is 5.75 Å². The molecule has 0 saturated carbocycles. The fraction of sp³-hybridized carbons (Fsp3) is 0.190. The van der Waals surface area contributed by atoms with Crippen LogP contribution in [0.4, 0.5) is 11.4 Å².